The molecule has 18 heavy (non-hydrogen) atoms. The monoisotopic (exact) mass is 242 g/mol. The van der Waals surface area contributed by atoms with Crippen LogP contribution in [-0.2, 0) is 0 Å². The fraction of sp³-hybridized carbons (Fsp3) is 0.357. The molecule has 0 aliphatic heterocycles. The first-order valence-electron chi connectivity index (χ1n) is 6.22. The zero-order valence-corrected chi connectivity index (χ0v) is 11.1. The summed E-state index contributed by atoms with van der Waals surface area (Å²) in [6.45, 7) is 7.00. The summed E-state index contributed by atoms with van der Waals surface area (Å²) in [6.07, 6.45) is 4.61. The summed E-state index contributed by atoms with van der Waals surface area (Å²) in [5.74, 6) is 0.853. The molecule has 0 aromatic carbocycles. The minimum atomic E-state index is 0.853. The summed E-state index contributed by atoms with van der Waals surface area (Å²) < 4.78 is 0. The number of aryl methyl sites for hydroxylation is 2. The lowest BCUT2D eigenvalue weighted by Gasteiger charge is -2.12. The van der Waals surface area contributed by atoms with E-state index in [1.807, 2.05) is 26.0 Å². The highest BCUT2D eigenvalue weighted by molar-refractivity contribution is 5.71. The number of nitrogens with zero attached hydrogens (tertiary/aromatic N) is 3. The van der Waals surface area contributed by atoms with E-state index < -0.39 is 0 Å². The van der Waals surface area contributed by atoms with E-state index in [0.29, 0.717) is 0 Å². The first kappa shape index (κ1) is 12.5. The highest BCUT2D eigenvalue weighted by Gasteiger charge is 2.10. The van der Waals surface area contributed by atoms with Gasteiger partial charge in [0.25, 0.3) is 0 Å². The normalized spacial score (nSPS) is 10.4. The zero-order chi connectivity index (χ0) is 13.0. The van der Waals surface area contributed by atoms with Gasteiger partial charge >= 0.3 is 0 Å². The van der Waals surface area contributed by atoms with Crippen molar-refractivity contribution in [2.75, 3.05) is 11.9 Å². The van der Waals surface area contributed by atoms with Crippen molar-refractivity contribution in [1.29, 1.82) is 0 Å². The summed E-state index contributed by atoms with van der Waals surface area (Å²) in [4.78, 5) is 13.3. The van der Waals surface area contributed by atoms with Gasteiger partial charge in [0.2, 0.25) is 0 Å². The van der Waals surface area contributed by atoms with Gasteiger partial charge in [0.05, 0.1) is 11.4 Å². The summed E-state index contributed by atoms with van der Waals surface area (Å²) in [6, 6.07) is 3.91. The molecule has 2 aromatic heterocycles. The number of anilines is 1. The lowest BCUT2D eigenvalue weighted by atomic mass is 10.1. The molecule has 0 radical (unpaired) electrons. The van der Waals surface area contributed by atoms with Crippen LogP contribution < -0.4 is 5.32 Å². The van der Waals surface area contributed by atoms with Crippen molar-refractivity contribution in [1.82, 2.24) is 15.0 Å². The lowest BCUT2D eigenvalue weighted by Crippen LogP contribution is -2.07. The van der Waals surface area contributed by atoms with Gasteiger partial charge < -0.3 is 5.32 Å². The number of hydrogen-bond donors (Lipinski definition) is 1. The van der Waals surface area contributed by atoms with Gasteiger partial charge in [0, 0.05) is 24.5 Å². The molecule has 0 spiro atoms. The Labute approximate surface area is 108 Å². The summed E-state index contributed by atoms with van der Waals surface area (Å²) >= 11 is 0. The maximum absolute atomic E-state index is 4.64. The van der Waals surface area contributed by atoms with Crippen LogP contribution in [0.1, 0.15) is 24.7 Å². The number of hydrogen-bond acceptors (Lipinski definition) is 4. The number of nitrogens with one attached hydrogen (secondary N) is 1. The molecule has 4 nitrogen and oxygen atoms in total. The highest BCUT2D eigenvalue weighted by Crippen LogP contribution is 2.24. The van der Waals surface area contributed by atoms with Crippen molar-refractivity contribution in [2.45, 2.75) is 27.2 Å². The molecule has 0 atom stereocenters. The molecule has 0 unspecified atom stereocenters. The molecule has 2 heterocycles. The SMILES string of the molecule is CCCNc1nc(C)c(C)nc1-c1ccncc1. The van der Waals surface area contributed by atoms with Gasteiger partial charge in [-0.25, -0.2) is 9.97 Å². The van der Waals surface area contributed by atoms with Gasteiger partial charge in [-0.3, -0.25) is 4.98 Å². The van der Waals surface area contributed by atoms with Crippen LogP contribution >= 0.6 is 0 Å². The van der Waals surface area contributed by atoms with Gasteiger partial charge in [0.15, 0.2) is 5.82 Å². The maximum Gasteiger partial charge on any atom is 0.152 e. The first-order chi connectivity index (χ1) is 8.72. The van der Waals surface area contributed by atoms with Crippen molar-refractivity contribution in [3.05, 3.63) is 35.9 Å². The molecule has 0 aliphatic rings. The minimum Gasteiger partial charge on any atom is -0.368 e. The Kier molecular flexibility index (Phi) is 3.87. The predicted octanol–water partition coefficient (Wildman–Crippen LogP) is 2.98. The number of aromatic nitrogens is 3. The van der Waals surface area contributed by atoms with E-state index in [2.05, 4.69) is 27.2 Å². The maximum atomic E-state index is 4.64. The van der Waals surface area contributed by atoms with E-state index in [9.17, 15) is 0 Å². The van der Waals surface area contributed by atoms with Crippen molar-refractivity contribution in [2.24, 2.45) is 0 Å². The Morgan fingerprint density at radius 3 is 2.39 bits per heavy atom. The Balaban J connectivity index is 2.47. The summed E-state index contributed by atoms with van der Waals surface area (Å²) in [5, 5.41) is 3.34. The van der Waals surface area contributed by atoms with Gasteiger partial charge in [-0.05, 0) is 32.4 Å². The Bertz CT molecular complexity index is 523. The quantitative estimate of drug-likeness (QED) is 0.895. The highest BCUT2D eigenvalue weighted by atomic mass is 15.0. The van der Waals surface area contributed by atoms with E-state index in [1.165, 1.54) is 0 Å². The van der Waals surface area contributed by atoms with Gasteiger partial charge in [-0.2, -0.15) is 0 Å². The lowest BCUT2D eigenvalue weighted by molar-refractivity contribution is 0.953. The average Bonchev–Trinajstić information content (AvgIpc) is 2.40. The molecular formula is C14H18N4. The van der Waals surface area contributed by atoms with E-state index in [1.54, 1.807) is 12.4 Å². The molecule has 2 rings (SSSR count). The fourth-order valence-corrected chi connectivity index (χ4v) is 1.68. The predicted molar refractivity (Wildman–Crippen MR) is 73.5 cm³/mol. The molecule has 94 valence electrons. The Hall–Kier alpha value is -1.97. The van der Waals surface area contributed by atoms with Crippen molar-refractivity contribution in [3.63, 3.8) is 0 Å². The average molecular weight is 242 g/mol. The number of rotatable bonds is 4. The van der Waals surface area contributed by atoms with E-state index in [-0.39, 0.29) is 0 Å². The molecule has 1 N–H and O–H groups in total. The van der Waals surface area contributed by atoms with Crippen LogP contribution in [0.15, 0.2) is 24.5 Å². The zero-order valence-electron chi connectivity index (χ0n) is 11.1. The van der Waals surface area contributed by atoms with E-state index in [0.717, 1.165) is 41.4 Å². The molecule has 2 aromatic rings. The second-order valence-corrected chi connectivity index (χ2v) is 4.25. The largest absolute Gasteiger partial charge is 0.368 e. The number of pyridine rings is 1. The molecule has 4 heteroatoms. The molecular weight excluding hydrogens is 224 g/mol. The molecule has 0 amide bonds. The third kappa shape index (κ3) is 2.64. The molecule has 0 saturated carbocycles. The van der Waals surface area contributed by atoms with Crippen LogP contribution in [0.5, 0.6) is 0 Å². The van der Waals surface area contributed by atoms with Gasteiger partial charge in [0.1, 0.15) is 5.69 Å². The van der Waals surface area contributed by atoms with Crippen LogP contribution in [0, 0.1) is 13.8 Å². The van der Waals surface area contributed by atoms with Gasteiger partial charge in [-0.1, -0.05) is 6.92 Å². The molecule has 0 saturated heterocycles. The van der Waals surface area contributed by atoms with Gasteiger partial charge in [-0.15, -0.1) is 0 Å². The Morgan fingerprint density at radius 2 is 1.72 bits per heavy atom. The van der Waals surface area contributed by atoms with Crippen molar-refractivity contribution < 1.29 is 0 Å². The van der Waals surface area contributed by atoms with Crippen molar-refractivity contribution in [3.8, 4) is 11.3 Å². The topological polar surface area (TPSA) is 50.7 Å². The van der Waals surface area contributed by atoms with E-state index in [4.69, 9.17) is 0 Å². The fourth-order valence-electron chi connectivity index (χ4n) is 1.68. The van der Waals surface area contributed by atoms with Crippen LogP contribution in [-0.4, -0.2) is 21.5 Å². The summed E-state index contributed by atoms with van der Waals surface area (Å²) in [7, 11) is 0. The van der Waals surface area contributed by atoms with Crippen LogP contribution in [0.3, 0.4) is 0 Å². The van der Waals surface area contributed by atoms with Crippen LogP contribution in [0.25, 0.3) is 11.3 Å². The first-order valence-corrected chi connectivity index (χ1v) is 6.22. The van der Waals surface area contributed by atoms with Crippen molar-refractivity contribution >= 4 is 5.82 Å². The molecule has 0 aliphatic carbocycles. The second kappa shape index (κ2) is 5.58. The molecule has 0 bridgehead atoms. The van der Waals surface area contributed by atoms with Crippen LogP contribution in [0.2, 0.25) is 0 Å². The van der Waals surface area contributed by atoms with E-state index >= 15 is 0 Å². The third-order valence-electron chi connectivity index (χ3n) is 2.80. The summed E-state index contributed by atoms with van der Waals surface area (Å²) in [5.41, 5.74) is 3.86. The van der Waals surface area contributed by atoms with Crippen LogP contribution in [0.4, 0.5) is 5.82 Å². The second-order valence-electron chi connectivity index (χ2n) is 4.25. The minimum absolute atomic E-state index is 0.853. The molecule has 0 fully saturated rings. The standard InChI is InChI=1S/C14H18N4/c1-4-7-16-14-13(12-5-8-15-9-6-12)17-10(2)11(3)18-14/h5-6,8-9H,4,7H2,1-3H3,(H,16,18). The third-order valence-corrected chi connectivity index (χ3v) is 2.80. The Morgan fingerprint density at radius 1 is 1.06 bits per heavy atom. The smallest absolute Gasteiger partial charge is 0.152 e.